The molecule has 0 fully saturated rings. The zero-order valence-corrected chi connectivity index (χ0v) is 13.6. The summed E-state index contributed by atoms with van der Waals surface area (Å²) < 4.78 is 0. The van der Waals surface area contributed by atoms with E-state index in [0.29, 0.717) is 17.3 Å². The number of rotatable bonds is 5. The smallest absolute Gasteiger partial charge is 0.271 e. The number of halogens is 1. The summed E-state index contributed by atoms with van der Waals surface area (Å²) >= 11 is 6.25. The molecule has 0 aliphatic carbocycles. The fraction of sp³-hybridized carbons (Fsp3) is 0.312. The fourth-order valence-electron chi connectivity index (χ4n) is 2.11. The lowest BCUT2D eigenvalue weighted by molar-refractivity contribution is 0.0936. The van der Waals surface area contributed by atoms with Gasteiger partial charge < -0.3 is 10.2 Å². The number of hydrogen-bond acceptors (Lipinski definition) is 4. The van der Waals surface area contributed by atoms with Gasteiger partial charge in [-0.15, -0.1) is 0 Å². The van der Waals surface area contributed by atoms with Gasteiger partial charge in [0, 0.05) is 17.8 Å². The molecule has 0 bridgehead atoms. The summed E-state index contributed by atoms with van der Waals surface area (Å²) in [5.74, 6) is -0.244. The molecule has 0 spiro atoms. The second-order valence-corrected chi connectivity index (χ2v) is 5.66. The van der Waals surface area contributed by atoms with Crippen LogP contribution < -0.4 is 5.32 Å². The predicted molar refractivity (Wildman–Crippen MR) is 87.0 cm³/mol. The number of nitrogens with zero attached hydrogens (tertiary/aromatic N) is 3. The van der Waals surface area contributed by atoms with Gasteiger partial charge in [-0.2, -0.15) is 0 Å². The van der Waals surface area contributed by atoms with Crippen LogP contribution in [0.15, 0.2) is 36.7 Å². The zero-order valence-electron chi connectivity index (χ0n) is 12.9. The molecule has 0 saturated heterocycles. The third-order valence-corrected chi connectivity index (χ3v) is 3.70. The monoisotopic (exact) mass is 318 g/mol. The van der Waals surface area contributed by atoms with Crippen molar-refractivity contribution in [3.05, 3.63) is 58.6 Å². The van der Waals surface area contributed by atoms with E-state index in [4.69, 9.17) is 11.6 Å². The lowest BCUT2D eigenvalue weighted by Gasteiger charge is -2.25. The first-order chi connectivity index (χ1) is 10.5. The van der Waals surface area contributed by atoms with E-state index >= 15 is 0 Å². The van der Waals surface area contributed by atoms with Crippen LogP contribution in [0.3, 0.4) is 0 Å². The van der Waals surface area contributed by atoms with Crippen molar-refractivity contribution in [1.82, 2.24) is 20.2 Å². The summed E-state index contributed by atoms with van der Waals surface area (Å²) in [4.78, 5) is 22.3. The number of likely N-dealkylation sites (N-methyl/N-ethyl adjacent to an activating group) is 1. The normalized spacial score (nSPS) is 12.2. The average Bonchev–Trinajstić information content (AvgIpc) is 2.49. The van der Waals surface area contributed by atoms with Gasteiger partial charge in [-0.1, -0.05) is 29.8 Å². The van der Waals surface area contributed by atoms with Crippen LogP contribution in [0.4, 0.5) is 0 Å². The summed E-state index contributed by atoms with van der Waals surface area (Å²) in [6.45, 7) is 2.26. The number of amides is 1. The van der Waals surface area contributed by atoms with E-state index in [1.165, 1.54) is 6.20 Å². The van der Waals surface area contributed by atoms with Gasteiger partial charge >= 0.3 is 0 Å². The first-order valence-electron chi connectivity index (χ1n) is 6.96. The van der Waals surface area contributed by atoms with Crippen molar-refractivity contribution in [2.45, 2.75) is 13.0 Å². The molecule has 1 heterocycles. The summed E-state index contributed by atoms with van der Waals surface area (Å²) in [7, 11) is 3.90. The van der Waals surface area contributed by atoms with Crippen LogP contribution in [0.25, 0.3) is 0 Å². The molecule has 1 aromatic carbocycles. The minimum atomic E-state index is -0.244. The fourth-order valence-corrected chi connectivity index (χ4v) is 2.37. The van der Waals surface area contributed by atoms with Crippen LogP contribution >= 0.6 is 11.6 Å². The molecule has 1 atom stereocenters. The van der Waals surface area contributed by atoms with E-state index in [-0.39, 0.29) is 11.9 Å². The summed E-state index contributed by atoms with van der Waals surface area (Å²) in [5, 5.41) is 3.57. The standard InChI is InChI=1S/C16H19ClN4O/c1-11-8-19-14(9-18-11)16(22)20-10-15(21(2)3)12-6-4-5-7-13(12)17/h4-9,15H,10H2,1-3H3,(H,20,22)/t15-/m1/s1. The second kappa shape index (κ2) is 7.33. The van der Waals surface area contributed by atoms with E-state index < -0.39 is 0 Å². The van der Waals surface area contributed by atoms with Crippen LogP contribution in [0.2, 0.25) is 5.02 Å². The van der Waals surface area contributed by atoms with Gasteiger partial charge in [0.1, 0.15) is 5.69 Å². The molecule has 22 heavy (non-hydrogen) atoms. The number of nitrogens with one attached hydrogen (secondary N) is 1. The molecule has 1 aromatic heterocycles. The van der Waals surface area contributed by atoms with Crippen molar-refractivity contribution >= 4 is 17.5 Å². The quantitative estimate of drug-likeness (QED) is 0.920. The Morgan fingerprint density at radius 2 is 2.00 bits per heavy atom. The maximum atomic E-state index is 12.1. The third kappa shape index (κ3) is 4.02. The topological polar surface area (TPSA) is 58.1 Å². The van der Waals surface area contributed by atoms with Crippen molar-refractivity contribution < 1.29 is 4.79 Å². The second-order valence-electron chi connectivity index (χ2n) is 5.25. The van der Waals surface area contributed by atoms with E-state index in [2.05, 4.69) is 15.3 Å². The highest BCUT2D eigenvalue weighted by molar-refractivity contribution is 6.31. The Balaban J connectivity index is 2.08. The maximum absolute atomic E-state index is 12.1. The molecule has 0 radical (unpaired) electrons. The van der Waals surface area contributed by atoms with Crippen molar-refractivity contribution in [3.8, 4) is 0 Å². The van der Waals surface area contributed by atoms with Crippen LogP contribution in [0.5, 0.6) is 0 Å². The minimum Gasteiger partial charge on any atom is -0.349 e. The van der Waals surface area contributed by atoms with Gasteiger partial charge in [-0.3, -0.25) is 9.78 Å². The van der Waals surface area contributed by atoms with Gasteiger partial charge in [0.2, 0.25) is 0 Å². The molecule has 2 rings (SSSR count). The highest BCUT2D eigenvalue weighted by atomic mass is 35.5. The van der Waals surface area contributed by atoms with Gasteiger partial charge in [0.05, 0.1) is 17.9 Å². The summed E-state index contributed by atoms with van der Waals surface area (Å²) in [6, 6.07) is 7.62. The Hall–Kier alpha value is -1.98. The predicted octanol–water partition coefficient (Wildman–Crippen LogP) is 2.47. The lowest BCUT2D eigenvalue weighted by Crippen LogP contribution is -2.35. The first kappa shape index (κ1) is 16.4. The van der Waals surface area contributed by atoms with Gasteiger partial charge in [0.15, 0.2) is 0 Å². The molecule has 0 aliphatic heterocycles. The molecule has 2 aromatic rings. The Kier molecular flexibility index (Phi) is 5.46. The van der Waals surface area contributed by atoms with Gasteiger partial charge in [-0.25, -0.2) is 4.98 Å². The van der Waals surface area contributed by atoms with Crippen LogP contribution in [0, 0.1) is 6.92 Å². The molecule has 1 N–H and O–H groups in total. The summed E-state index contributed by atoms with van der Waals surface area (Å²) in [6.07, 6.45) is 3.05. The number of benzene rings is 1. The highest BCUT2D eigenvalue weighted by Crippen LogP contribution is 2.25. The van der Waals surface area contributed by atoms with Crippen molar-refractivity contribution in [3.63, 3.8) is 0 Å². The number of hydrogen-bond donors (Lipinski definition) is 1. The highest BCUT2D eigenvalue weighted by Gasteiger charge is 2.18. The molecular weight excluding hydrogens is 300 g/mol. The van der Waals surface area contributed by atoms with Gasteiger partial charge in [0.25, 0.3) is 5.91 Å². The Morgan fingerprint density at radius 3 is 2.59 bits per heavy atom. The van der Waals surface area contributed by atoms with E-state index in [1.807, 2.05) is 50.2 Å². The number of carbonyl (C=O) groups is 1. The van der Waals surface area contributed by atoms with Crippen LogP contribution in [-0.4, -0.2) is 41.4 Å². The van der Waals surface area contributed by atoms with Crippen molar-refractivity contribution in [1.29, 1.82) is 0 Å². The molecule has 116 valence electrons. The molecule has 6 heteroatoms. The third-order valence-electron chi connectivity index (χ3n) is 3.36. The molecule has 0 aliphatic rings. The van der Waals surface area contributed by atoms with Crippen LogP contribution in [-0.2, 0) is 0 Å². The largest absolute Gasteiger partial charge is 0.349 e. The Labute approximate surface area is 135 Å². The minimum absolute atomic E-state index is 0.0175. The number of carbonyl (C=O) groups excluding carboxylic acids is 1. The zero-order chi connectivity index (χ0) is 16.1. The van der Waals surface area contributed by atoms with Crippen LogP contribution in [0.1, 0.15) is 27.8 Å². The van der Waals surface area contributed by atoms with E-state index in [9.17, 15) is 4.79 Å². The van der Waals surface area contributed by atoms with Crippen molar-refractivity contribution in [2.24, 2.45) is 0 Å². The van der Waals surface area contributed by atoms with Gasteiger partial charge in [-0.05, 0) is 32.6 Å². The molecule has 1 amide bonds. The molecular formula is C16H19ClN4O. The lowest BCUT2D eigenvalue weighted by atomic mass is 10.1. The maximum Gasteiger partial charge on any atom is 0.271 e. The molecule has 5 nitrogen and oxygen atoms in total. The molecule has 0 saturated carbocycles. The first-order valence-corrected chi connectivity index (χ1v) is 7.34. The average molecular weight is 319 g/mol. The Bertz CT molecular complexity index is 643. The number of aryl methyl sites for hydroxylation is 1. The summed E-state index contributed by atoms with van der Waals surface area (Å²) in [5.41, 5.74) is 2.06. The number of aromatic nitrogens is 2. The van der Waals surface area contributed by atoms with E-state index in [1.54, 1.807) is 6.20 Å². The molecule has 0 unspecified atom stereocenters. The Morgan fingerprint density at radius 1 is 1.27 bits per heavy atom. The van der Waals surface area contributed by atoms with E-state index in [0.717, 1.165) is 11.3 Å². The van der Waals surface area contributed by atoms with Crippen molar-refractivity contribution in [2.75, 3.05) is 20.6 Å². The SMILES string of the molecule is Cc1cnc(C(=O)NC[C@H](c2ccccc2Cl)N(C)C)cn1.